The lowest BCUT2D eigenvalue weighted by Crippen LogP contribution is -2.50. The van der Waals surface area contributed by atoms with Gasteiger partial charge in [0.1, 0.15) is 0 Å². The van der Waals surface area contributed by atoms with E-state index in [1.807, 2.05) is 25.3 Å². The Balaban J connectivity index is 1.83. The van der Waals surface area contributed by atoms with Crippen LogP contribution in [0.25, 0.3) is 0 Å². The van der Waals surface area contributed by atoms with Crippen LogP contribution in [0.3, 0.4) is 0 Å². The molecule has 0 aromatic heterocycles. The molecule has 1 aromatic carbocycles. The predicted octanol–water partition coefficient (Wildman–Crippen LogP) is 1.14. The summed E-state index contributed by atoms with van der Waals surface area (Å²) in [7, 11) is -2.95. The zero-order chi connectivity index (χ0) is 16.2. The second-order valence-corrected chi connectivity index (χ2v) is 8.61. The Kier molecular flexibility index (Phi) is 5.88. The molecule has 5 nitrogen and oxygen atoms in total. The summed E-state index contributed by atoms with van der Waals surface area (Å²) in [5.74, 6) is 0.110. The zero-order valence-corrected chi connectivity index (χ0v) is 14.5. The van der Waals surface area contributed by atoms with Crippen molar-refractivity contribution in [3.8, 4) is 0 Å². The Morgan fingerprint density at radius 2 is 1.86 bits per heavy atom. The molecule has 1 unspecified atom stereocenters. The van der Waals surface area contributed by atoms with E-state index < -0.39 is 9.84 Å². The second kappa shape index (κ2) is 7.48. The highest BCUT2D eigenvalue weighted by molar-refractivity contribution is 7.98. The fourth-order valence-corrected chi connectivity index (χ4v) is 3.92. The molecule has 0 bridgehead atoms. The Labute approximate surface area is 136 Å². The van der Waals surface area contributed by atoms with E-state index in [0.29, 0.717) is 19.6 Å². The summed E-state index contributed by atoms with van der Waals surface area (Å²) in [5, 5.41) is 3.21. The van der Waals surface area contributed by atoms with Crippen LogP contribution in [0.2, 0.25) is 0 Å². The van der Waals surface area contributed by atoms with E-state index in [-0.39, 0.29) is 23.5 Å². The normalized spacial score (nSPS) is 18.9. The molecule has 1 amide bonds. The van der Waals surface area contributed by atoms with Crippen molar-refractivity contribution in [2.75, 3.05) is 30.9 Å². The van der Waals surface area contributed by atoms with Crippen LogP contribution in [0.1, 0.15) is 12.5 Å². The average Bonchev–Trinajstić information content (AvgIpc) is 2.52. The largest absolute Gasteiger partial charge is 0.339 e. The van der Waals surface area contributed by atoms with Crippen LogP contribution in [0.4, 0.5) is 0 Å². The van der Waals surface area contributed by atoms with Crippen LogP contribution in [0.5, 0.6) is 0 Å². The summed E-state index contributed by atoms with van der Waals surface area (Å²) in [6.45, 7) is 3.04. The van der Waals surface area contributed by atoms with Crippen molar-refractivity contribution in [3.05, 3.63) is 29.8 Å². The number of hydrogen-bond acceptors (Lipinski definition) is 5. The lowest BCUT2D eigenvalue weighted by molar-refractivity contribution is -0.132. The van der Waals surface area contributed by atoms with E-state index in [0.717, 1.165) is 5.56 Å². The third kappa shape index (κ3) is 4.72. The van der Waals surface area contributed by atoms with Crippen molar-refractivity contribution in [2.45, 2.75) is 24.4 Å². The predicted molar refractivity (Wildman–Crippen MR) is 89.8 cm³/mol. The average molecular weight is 342 g/mol. The zero-order valence-electron chi connectivity index (χ0n) is 12.9. The number of carbonyl (C=O) groups is 1. The molecular weight excluding hydrogens is 320 g/mol. The molecule has 1 aliphatic heterocycles. The van der Waals surface area contributed by atoms with Gasteiger partial charge < -0.3 is 10.2 Å². The molecule has 0 radical (unpaired) electrons. The minimum Gasteiger partial charge on any atom is -0.339 e. The first-order valence-electron chi connectivity index (χ1n) is 7.27. The van der Waals surface area contributed by atoms with Gasteiger partial charge in [0, 0.05) is 24.5 Å². The summed E-state index contributed by atoms with van der Waals surface area (Å²) in [5.41, 5.74) is 1.12. The maximum absolute atomic E-state index is 12.3. The van der Waals surface area contributed by atoms with Crippen molar-refractivity contribution in [2.24, 2.45) is 0 Å². The van der Waals surface area contributed by atoms with Crippen LogP contribution >= 0.6 is 11.8 Å². The fraction of sp³-hybridized carbons (Fsp3) is 0.533. The van der Waals surface area contributed by atoms with E-state index in [4.69, 9.17) is 0 Å². The third-order valence-electron chi connectivity index (χ3n) is 3.80. The van der Waals surface area contributed by atoms with Gasteiger partial charge in [0.25, 0.3) is 0 Å². The lowest BCUT2D eigenvalue weighted by atomic mass is 10.2. The molecule has 1 fully saturated rings. The van der Waals surface area contributed by atoms with Gasteiger partial charge in [0.15, 0.2) is 9.84 Å². The number of thioether (sulfide) groups is 1. The molecular formula is C15H22N2O3S2. The molecule has 1 heterocycles. The number of hydrogen-bond donors (Lipinski definition) is 1. The topological polar surface area (TPSA) is 66.5 Å². The van der Waals surface area contributed by atoms with Crippen molar-refractivity contribution in [1.29, 1.82) is 0 Å². The highest BCUT2D eigenvalue weighted by Crippen LogP contribution is 2.15. The van der Waals surface area contributed by atoms with Gasteiger partial charge in [-0.2, -0.15) is 0 Å². The first-order chi connectivity index (χ1) is 10.4. The summed E-state index contributed by atoms with van der Waals surface area (Å²) in [6, 6.07) is 7.89. The summed E-state index contributed by atoms with van der Waals surface area (Å²) < 4.78 is 22.8. The van der Waals surface area contributed by atoms with Crippen LogP contribution in [-0.4, -0.2) is 56.1 Å². The minimum absolute atomic E-state index is 0.0318. The number of nitrogens with zero attached hydrogens (tertiary/aromatic N) is 1. The Morgan fingerprint density at radius 3 is 2.41 bits per heavy atom. The molecule has 0 aliphatic carbocycles. The molecule has 1 N–H and O–H groups in total. The molecule has 22 heavy (non-hydrogen) atoms. The van der Waals surface area contributed by atoms with Gasteiger partial charge in [0.05, 0.1) is 17.5 Å². The third-order valence-corrected chi connectivity index (χ3v) is 6.15. The second-order valence-electron chi connectivity index (χ2n) is 5.43. The van der Waals surface area contributed by atoms with Gasteiger partial charge in [-0.05, 0) is 30.9 Å². The number of carbonyl (C=O) groups excluding carboxylic acids is 1. The molecule has 0 spiro atoms. The highest BCUT2D eigenvalue weighted by Gasteiger charge is 2.27. The number of nitrogens with one attached hydrogen (secondary N) is 1. The molecule has 1 saturated heterocycles. The van der Waals surface area contributed by atoms with Crippen LogP contribution in [0, 0.1) is 0 Å². The SMILES string of the molecule is CSc1ccc(CNC(C)C(=O)N2CCS(=O)(=O)CC2)cc1. The molecule has 1 aromatic rings. The number of amides is 1. The van der Waals surface area contributed by atoms with Crippen molar-refractivity contribution >= 4 is 27.5 Å². The Morgan fingerprint density at radius 1 is 1.27 bits per heavy atom. The summed E-state index contributed by atoms with van der Waals surface area (Å²) >= 11 is 1.70. The van der Waals surface area contributed by atoms with Gasteiger partial charge in [0.2, 0.25) is 5.91 Å². The smallest absolute Gasteiger partial charge is 0.239 e. The molecule has 1 atom stereocenters. The molecule has 7 heteroatoms. The minimum atomic E-state index is -2.95. The quantitative estimate of drug-likeness (QED) is 0.813. The van der Waals surface area contributed by atoms with Crippen molar-refractivity contribution < 1.29 is 13.2 Å². The molecule has 122 valence electrons. The first-order valence-corrected chi connectivity index (χ1v) is 10.3. The van der Waals surface area contributed by atoms with Crippen molar-refractivity contribution in [1.82, 2.24) is 10.2 Å². The summed E-state index contributed by atoms with van der Waals surface area (Å²) in [4.78, 5) is 15.1. The van der Waals surface area contributed by atoms with Gasteiger partial charge in [-0.3, -0.25) is 4.79 Å². The maximum Gasteiger partial charge on any atom is 0.239 e. The van der Waals surface area contributed by atoms with E-state index >= 15 is 0 Å². The fourth-order valence-electron chi connectivity index (χ4n) is 2.31. The summed E-state index contributed by atoms with van der Waals surface area (Å²) in [6.07, 6.45) is 2.03. The Bertz CT molecular complexity index is 600. The maximum atomic E-state index is 12.3. The number of sulfone groups is 1. The number of rotatable bonds is 5. The molecule has 1 aliphatic rings. The van der Waals surface area contributed by atoms with E-state index in [1.165, 1.54) is 4.90 Å². The standard InChI is InChI=1S/C15H22N2O3S2/c1-12(15(18)17-7-9-22(19,20)10-8-17)16-11-13-3-5-14(21-2)6-4-13/h3-6,12,16H,7-11H2,1-2H3. The van der Waals surface area contributed by atoms with E-state index in [9.17, 15) is 13.2 Å². The number of benzene rings is 1. The van der Waals surface area contributed by atoms with E-state index in [1.54, 1.807) is 16.7 Å². The first kappa shape index (κ1) is 17.3. The van der Waals surface area contributed by atoms with Crippen LogP contribution in [0.15, 0.2) is 29.2 Å². The van der Waals surface area contributed by atoms with Gasteiger partial charge in [-0.25, -0.2) is 8.42 Å². The van der Waals surface area contributed by atoms with Gasteiger partial charge in [-0.1, -0.05) is 12.1 Å². The van der Waals surface area contributed by atoms with Gasteiger partial charge >= 0.3 is 0 Å². The van der Waals surface area contributed by atoms with Crippen LogP contribution < -0.4 is 5.32 Å². The van der Waals surface area contributed by atoms with E-state index in [2.05, 4.69) is 17.4 Å². The Hall–Kier alpha value is -1.05. The monoisotopic (exact) mass is 342 g/mol. The molecule has 2 rings (SSSR count). The van der Waals surface area contributed by atoms with Gasteiger partial charge in [-0.15, -0.1) is 11.8 Å². The highest BCUT2D eigenvalue weighted by atomic mass is 32.2. The lowest BCUT2D eigenvalue weighted by Gasteiger charge is -2.29. The van der Waals surface area contributed by atoms with Crippen molar-refractivity contribution in [3.63, 3.8) is 0 Å². The van der Waals surface area contributed by atoms with Crippen LogP contribution in [-0.2, 0) is 21.2 Å². The molecule has 0 saturated carbocycles.